The van der Waals surface area contributed by atoms with Gasteiger partial charge in [-0.15, -0.1) is 0 Å². The van der Waals surface area contributed by atoms with Gasteiger partial charge in [-0.25, -0.2) is 8.78 Å². The van der Waals surface area contributed by atoms with Gasteiger partial charge in [0.2, 0.25) is 0 Å². The first kappa shape index (κ1) is 14.0. The van der Waals surface area contributed by atoms with E-state index in [1.165, 1.54) is 37.0 Å². The maximum Gasteiger partial charge on any atom is 0.126 e. The molecule has 1 aliphatic rings. The molecule has 1 aromatic rings. The Kier molecular flexibility index (Phi) is 4.89. The van der Waals surface area contributed by atoms with E-state index in [1.807, 2.05) is 6.08 Å². The molecule has 1 aromatic carbocycles. The molecule has 0 spiro atoms. The van der Waals surface area contributed by atoms with Crippen LogP contribution in [0.1, 0.15) is 51.0 Å². The third-order valence-corrected chi connectivity index (χ3v) is 3.57. The minimum atomic E-state index is -0.506. The van der Waals surface area contributed by atoms with Crippen molar-refractivity contribution in [2.75, 3.05) is 0 Å². The maximum absolute atomic E-state index is 13.2. The van der Waals surface area contributed by atoms with Gasteiger partial charge < -0.3 is 0 Å². The van der Waals surface area contributed by atoms with Crippen LogP contribution in [0.2, 0.25) is 0 Å². The molecule has 0 unspecified atom stereocenters. The summed E-state index contributed by atoms with van der Waals surface area (Å²) in [7, 11) is 0. The summed E-state index contributed by atoms with van der Waals surface area (Å²) in [6.45, 7) is 2.20. The Morgan fingerprint density at radius 1 is 0.947 bits per heavy atom. The van der Waals surface area contributed by atoms with Gasteiger partial charge in [0.25, 0.3) is 0 Å². The summed E-state index contributed by atoms with van der Waals surface area (Å²) >= 11 is 0. The predicted octanol–water partition coefficient (Wildman–Crippen LogP) is 5.65. The molecular weight excluding hydrogens is 242 g/mol. The molecule has 1 aliphatic carbocycles. The molecular formula is C17H20F2. The van der Waals surface area contributed by atoms with E-state index in [1.54, 1.807) is 0 Å². The number of halogens is 2. The lowest BCUT2D eigenvalue weighted by Crippen LogP contribution is -1.95. The van der Waals surface area contributed by atoms with Gasteiger partial charge in [0.05, 0.1) is 0 Å². The summed E-state index contributed by atoms with van der Waals surface area (Å²) in [6, 6.07) is 3.73. The third kappa shape index (κ3) is 4.02. The molecule has 0 radical (unpaired) electrons. The largest absolute Gasteiger partial charge is 0.207 e. The summed E-state index contributed by atoms with van der Waals surface area (Å²) in [5.74, 6) is -1.01. The Hall–Kier alpha value is -1.44. The highest BCUT2D eigenvalue weighted by atomic mass is 19.1. The van der Waals surface area contributed by atoms with Crippen LogP contribution in [-0.4, -0.2) is 0 Å². The molecule has 0 bridgehead atoms. The van der Waals surface area contributed by atoms with Crippen molar-refractivity contribution in [3.8, 4) is 0 Å². The van der Waals surface area contributed by atoms with Crippen molar-refractivity contribution < 1.29 is 8.78 Å². The highest BCUT2D eigenvalue weighted by molar-refractivity contribution is 5.68. The number of unbranched alkanes of at least 4 members (excludes halogenated alkanes) is 2. The van der Waals surface area contributed by atoms with Gasteiger partial charge in [0, 0.05) is 6.07 Å². The maximum atomic E-state index is 13.2. The quantitative estimate of drug-likeness (QED) is 0.601. The highest BCUT2D eigenvalue weighted by Gasteiger charge is 2.10. The van der Waals surface area contributed by atoms with Crippen LogP contribution in [0.25, 0.3) is 5.57 Å². The molecule has 2 rings (SSSR count). The van der Waals surface area contributed by atoms with Crippen LogP contribution in [0, 0.1) is 11.6 Å². The number of rotatable bonds is 5. The van der Waals surface area contributed by atoms with Crippen molar-refractivity contribution >= 4 is 5.57 Å². The normalized spacial score (nSPS) is 15.1. The Morgan fingerprint density at radius 2 is 1.68 bits per heavy atom. The molecule has 0 N–H and O–H groups in total. The van der Waals surface area contributed by atoms with Crippen LogP contribution in [0.5, 0.6) is 0 Å². The zero-order valence-corrected chi connectivity index (χ0v) is 11.4. The molecule has 0 saturated carbocycles. The molecule has 0 aliphatic heterocycles. The second-order valence-corrected chi connectivity index (χ2v) is 5.13. The fraction of sp³-hybridized carbons (Fsp3) is 0.412. The summed E-state index contributed by atoms with van der Waals surface area (Å²) in [6.07, 6.45) is 10.9. The van der Waals surface area contributed by atoms with Gasteiger partial charge in [-0.05, 0) is 49.0 Å². The zero-order chi connectivity index (χ0) is 13.7. The second-order valence-electron chi connectivity index (χ2n) is 5.13. The van der Waals surface area contributed by atoms with Crippen LogP contribution < -0.4 is 0 Å². The van der Waals surface area contributed by atoms with E-state index in [4.69, 9.17) is 0 Å². The lowest BCUT2D eigenvalue weighted by atomic mass is 9.91. The van der Waals surface area contributed by atoms with Gasteiger partial charge in [-0.1, -0.05) is 37.5 Å². The summed E-state index contributed by atoms with van der Waals surface area (Å²) in [5, 5.41) is 0. The summed E-state index contributed by atoms with van der Waals surface area (Å²) in [5.41, 5.74) is 3.15. The SMILES string of the molecule is CCCCCC1=CC=C(c2cc(F)cc(F)c2)CC1. The van der Waals surface area contributed by atoms with Crippen molar-refractivity contribution in [2.45, 2.75) is 45.4 Å². The van der Waals surface area contributed by atoms with E-state index in [9.17, 15) is 8.78 Å². The van der Waals surface area contributed by atoms with Crippen molar-refractivity contribution in [3.63, 3.8) is 0 Å². The fourth-order valence-corrected chi connectivity index (χ4v) is 2.47. The first-order valence-electron chi connectivity index (χ1n) is 7.04. The topological polar surface area (TPSA) is 0 Å². The number of benzene rings is 1. The average Bonchev–Trinajstić information content (AvgIpc) is 2.39. The van der Waals surface area contributed by atoms with Crippen molar-refractivity contribution in [2.24, 2.45) is 0 Å². The molecule has 0 heterocycles. The van der Waals surface area contributed by atoms with E-state index in [0.29, 0.717) is 5.56 Å². The lowest BCUT2D eigenvalue weighted by molar-refractivity contribution is 0.582. The van der Waals surface area contributed by atoms with E-state index >= 15 is 0 Å². The van der Waals surface area contributed by atoms with Gasteiger partial charge in [-0.3, -0.25) is 0 Å². The van der Waals surface area contributed by atoms with Crippen LogP contribution in [-0.2, 0) is 0 Å². The lowest BCUT2D eigenvalue weighted by Gasteiger charge is -2.15. The number of hydrogen-bond acceptors (Lipinski definition) is 0. The molecule has 0 fully saturated rings. The van der Waals surface area contributed by atoms with Crippen LogP contribution >= 0.6 is 0 Å². The molecule has 2 heteroatoms. The number of allylic oxidation sites excluding steroid dienone is 4. The van der Waals surface area contributed by atoms with Crippen LogP contribution in [0.3, 0.4) is 0 Å². The Bertz CT molecular complexity index is 478. The predicted molar refractivity (Wildman–Crippen MR) is 75.8 cm³/mol. The van der Waals surface area contributed by atoms with E-state index in [-0.39, 0.29) is 0 Å². The first-order valence-corrected chi connectivity index (χ1v) is 7.04. The van der Waals surface area contributed by atoms with E-state index in [0.717, 1.165) is 30.9 Å². The average molecular weight is 262 g/mol. The minimum absolute atomic E-state index is 0.506. The van der Waals surface area contributed by atoms with Crippen LogP contribution in [0.4, 0.5) is 8.78 Å². The first-order chi connectivity index (χ1) is 9.19. The van der Waals surface area contributed by atoms with Crippen molar-refractivity contribution in [1.29, 1.82) is 0 Å². The molecule has 0 saturated heterocycles. The monoisotopic (exact) mass is 262 g/mol. The standard InChI is InChI=1S/C17H20F2/c1-2-3-4-5-13-6-8-14(9-7-13)15-10-16(18)12-17(19)11-15/h6,8,10-12H,2-5,7,9H2,1H3. The van der Waals surface area contributed by atoms with Gasteiger partial charge in [-0.2, -0.15) is 0 Å². The third-order valence-electron chi connectivity index (χ3n) is 3.57. The second kappa shape index (κ2) is 6.65. The van der Waals surface area contributed by atoms with Gasteiger partial charge >= 0.3 is 0 Å². The summed E-state index contributed by atoms with van der Waals surface area (Å²) in [4.78, 5) is 0. The Morgan fingerprint density at radius 3 is 2.26 bits per heavy atom. The highest BCUT2D eigenvalue weighted by Crippen LogP contribution is 2.29. The molecule has 102 valence electrons. The smallest absolute Gasteiger partial charge is 0.126 e. The van der Waals surface area contributed by atoms with Gasteiger partial charge in [0.1, 0.15) is 11.6 Å². The van der Waals surface area contributed by atoms with E-state index in [2.05, 4.69) is 13.0 Å². The minimum Gasteiger partial charge on any atom is -0.207 e. The molecule has 19 heavy (non-hydrogen) atoms. The molecule has 0 nitrogen and oxygen atoms in total. The molecule has 0 aromatic heterocycles. The summed E-state index contributed by atoms with van der Waals surface area (Å²) < 4.78 is 26.4. The zero-order valence-electron chi connectivity index (χ0n) is 11.4. The van der Waals surface area contributed by atoms with Crippen molar-refractivity contribution in [1.82, 2.24) is 0 Å². The van der Waals surface area contributed by atoms with Crippen molar-refractivity contribution in [3.05, 3.63) is 53.1 Å². The molecule has 0 amide bonds. The van der Waals surface area contributed by atoms with Gasteiger partial charge in [0.15, 0.2) is 0 Å². The number of hydrogen-bond donors (Lipinski definition) is 0. The fourth-order valence-electron chi connectivity index (χ4n) is 2.47. The van der Waals surface area contributed by atoms with Crippen LogP contribution in [0.15, 0.2) is 35.9 Å². The Labute approximate surface area is 113 Å². The van der Waals surface area contributed by atoms with E-state index < -0.39 is 11.6 Å². The molecule has 0 atom stereocenters. The Balaban J connectivity index is 2.06.